The van der Waals surface area contributed by atoms with Crippen LogP contribution in [-0.4, -0.2) is 70.6 Å². The van der Waals surface area contributed by atoms with Crippen LogP contribution in [0.5, 0.6) is 0 Å². The largest absolute Gasteiger partial charge is 0.390 e. The summed E-state index contributed by atoms with van der Waals surface area (Å²) in [5, 5.41) is 20.7. The lowest BCUT2D eigenvalue weighted by Gasteiger charge is -2.47. The van der Waals surface area contributed by atoms with E-state index < -0.39 is 23.6 Å². The summed E-state index contributed by atoms with van der Waals surface area (Å²) in [6.07, 6.45) is 5.05. The number of likely N-dealkylation sites (tertiary alicyclic amines) is 1. The summed E-state index contributed by atoms with van der Waals surface area (Å²) in [6, 6.07) is 8.12. The predicted molar refractivity (Wildman–Crippen MR) is 158 cm³/mol. The first-order valence-corrected chi connectivity index (χ1v) is 15.0. The van der Waals surface area contributed by atoms with Crippen LogP contribution in [0.2, 0.25) is 0 Å². The van der Waals surface area contributed by atoms with Gasteiger partial charge in [0.2, 0.25) is 17.7 Å². The van der Waals surface area contributed by atoms with E-state index in [0.717, 1.165) is 31.4 Å². The quantitative estimate of drug-likeness (QED) is 0.373. The lowest BCUT2D eigenvalue weighted by Crippen LogP contribution is -2.61. The maximum absolute atomic E-state index is 13.5. The van der Waals surface area contributed by atoms with Gasteiger partial charge in [0.25, 0.3) is 0 Å². The molecule has 6 atom stereocenters. The van der Waals surface area contributed by atoms with Crippen LogP contribution in [0.25, 0.3) is 0 Å². The number of amides is 3. The lowest BCUT2D eigenvalue weighted by molar-refractivity contribution is -0.134. The van der Waals surface area contributed by atoms with Crippen LogP contribution in [-0.2, 0) is 20.8 Å². The molecule has 1 aromatic carbocycles. The maximum atomic E-state index is 13.5. The van der Waals surface area contributed by atoms with Crippen LogP contribution < -0.4 is 16.0 Å². The van der Waals surface area contributed by atoms with Crippen LogP contribution >= 0.6 is 0 Å². The molecular weight excluding hydrogens is 504 g/mol. The number of aliphatic hydroxyl groups is 1. The SMILES string of the molecule is CC(=O)N[C@H](C(=O)N[C@@H](Cc1ccccc1)[C@H](O)CN1C[C@H]2CCCC[C@H]2C[C@H]1C(=O)NC(C)(C)C)C(C)(C)C. The third-order valence-electron chi connectivity index (χ3n) is 8.29. The molecule has 0 bridgehead atoms. The molecule has 4 N–H and O–H groups in total. The molecule has 1 aliphatic heterocycles. The minimum Gasteiger partial charge on any atom is -0.390 e. The zero-order chi connectivity index (χ0) is 29.7. The average molecular weight is 557 g/mol. The predicted octanol–water partition coefficient (Wildman–Crippen LogP) is 3.42. The smallest absolute Gasteiger partial charge is 0.243 e. The molecule has 224 valence electrons. The highest BCUT2D eigenvalue weighted by Gasteiger charge is 2.42. The van der Waals surface area contributed by atoms with Gasteiger partial charge in [-0.3, -0.25) is 19.3 Å². The van der Waals surface area contributed by atoms with Crippen molar-refractivity contribution in [1.82, 2.24) is 20.9 Å². The number of hydrogen-bond donors (Lipinski definition) is 4. The minimum atomic E-state index is -0.910. The second-order valence-corrected chi connectivity index (χ2v) is 14.1. The van der Waals surface area contributed by atoms with Gasteiger partial charge >= 0.3 is 0 Å². The van der Waals surface area contributed by atoms with Crippen molar-refractivity contribution in [3.63, 3.8) is 0 Å². The van der Waals surface area contributed by atoms with Gasteiger partial charge in [0.1, 0.15) is 6.04 Å². The highest BCUT2D eigenvalue weighted by Crippen LogP contribution is 2.39. The fourth-order valence-electron chi connectivity index (χ4n) is 6.29. The first-order valence-electron chi connectivity index (χ1n) is 15.0. The Morgan fingerprint density at radius 2 is 1.60 bits per heavy atom. The molecule has 0 unspecified atom stereocenters. The van der Waals surface area contributed by atoms with Gasteiger partial charge in [0.05, 0.1) is 18.2 Å². The third-order valence-corrected chi connectivity index (χ3v) is 8.29. The fourth-order valence-corrected chi connectivity index (χ4v) is 6.29. The number of rotatable bonds is 9. The van der Waals surface area contributed by atoms with Gasteiger partial charge < -0.3 is 21.1 Å². The van der Waals surface area contributed by atoms with Gasteiger partial charge in [-0.15, -0.1) is 0 Å². The normalized spacial score (nSPS) is 24.2. The number of hydrogen-bond acceptors (Lipinski definition) is 5. The van der Waals surface area contributed by atoms with Crippen molar-refractivity contribution in [2.24, 2.45) is 17.3 Å². The van der Waals surface area contributed by atoms with Gasteiger partial charge in [0, 0.05) is 25.6 Å². The van der Waals surface area contributed by atoms with Gasteiger partial charge in [-0.2, -0.15) is 0 Å². The second-order valence-electron chi connectivity index (χ2n) is 14.1. The van der Waals surface area contributed by atoms with E-state index >= 15 is 0 Å². The summed E-state index contributed by atoms with van der Waals surface area (Å²) in [6.45, 7) is 14.1. The molecule has 2 fully saturated rings. The molecule has 2 aliphatic rings. The Morgan fingerprint density at radius 3 is 2.17 bits per heavy atom. The highest BCUT2D eigenvalue weighted by atomic mass is 16.3. The number of nitrogens with one attached hydrogen (secondary N) is 3. The Labute approximate surface area is 241 Å². The molecule has 0 spiro atoms. The van der Waals surface area contributed by atoms with Crippen molar-refractivity contribution in [3.05, 3.63) is 35.9 Å². The first kappa shape index (κ1) is 32.1. The van der Waals surface area contributed by atoms with Crippen molar-refractivity contribution >= 4 is 17.7 Å². The number of nitrogens with zero attached hydrogens (tertiary/aromatic N) is 1. The van der Waals surface area contributed by atoms with Gasteiger partial charge in [-0.05, 0) is 62.8 Å². The zero-order valence-corrected chi connectivity index (χ0v) is 25.6. The summed E-state index contributed by atoms with van der Waals surface area (Å²) in [5.41, 5.74) is 0.129. The number of piperidine rings is 1. The van der Waals surface area contributed by atoms with Crippen LogP contribution in [0.3, 0.4) is 0 Å². The number of carbonyl (C=O) groups excluding carboxylic acids is 3. The number of fused-ring (bicyclic) bond motifs is 1. The Hall–Kier alpha value is -2.45. The monoisotopic (exact) mass is 556 g/mol. The second kappa shape index (κ2) is 13.5. The summed E-state index contributed by atoms with van der Waals surface area (Å²) < 4.78 is 0. The van der Waals surface area contributed by atoms with Crippen molar-refractivity contribution in [2.45, 2.75) is 117 Å². The summed E-state index contributed by atoms with van der Waals surface area (Å²) in [5.74, 6) is 0.453. The fraction of sp³-hybridized carbons (Fsp3) is 0.719. The van der Waals surface area contributed by atoms with E-state index in [1.165, 1.54) is 19.8 Å². The van der Waals surface area contributed by atoms with Crippen molar-refractivity contribution < 1.29 is 19.5 Å². The van der Waals surface area contributed by atoms with Crippen molar-refractivity contribution in [1.29, 1.82) is 0 Å². The molecule has 8 nitrogen and oxygen atoms in total. The summed E-state index contributed by atoms with van der Waals surface area (Å²) in [4.78, 5) is 41.1. The standard InChI is InChI=1S/C32H52N4O4/c1-21(37)33-28(31(2,3)4)30(40)34-25(17-22-13-9-8-10-14-22)27(38)20-36-19-24-16-12-11-15-23(24)18-26(36)29(39)35-32(5,6)7/h8-10,13-14,23-28,38H,11-12,15-20H2,1-7H3,(H,33,37)(H,34,40)(H,35,39)/t23-,24+,25-,26-,27+,28+/m0/s1. The van der Waals surface area contributed by atoms with Crippen molar-refractivity contribution in [3.8, 4) is 0 Å². The molecule has 1 heterocycles. The molecule has 40 heavy (non-hydrogen) atoms. The molecule has 8 heteroatoms. The van der Waals surface area contributed by atoms with E-state index in [-0.39, 0.29) is 35.8 Å². The van der Waals surface area contributed by atoms with Crippen LogP contribution in [0, 0.1) is 17.3 Å². The average Bonchev–Trinajstić information content (AvgIpc) is 2.85. The minimum absolute atomic E-state index is 0.00539. The number of β-amino-alcohol motifs (C(OH)–C–C–N with tert-alkyl or cyclic N) is 1. The van der Waals surface area contributed by atoms with Gasteiger partial charge in [-0.25, -0.2) is 0 Å². The molecule has 1 aliphatic carbocycles. The van der Waals surface area contributed by atoms with E-state index in [1.807, 2.05) is 71.9 Å². The van der Waals surface area contributed by atoms with E-state index in [4.69, 9.17) is 0 Å². The van der Waals surface area contributed by atoms with Crippen LogP contribution in [0.4, 0.5) is 0 Å². The van der Waals surface area contributed by atoms with E-state index in [9.17, 15) is 19.5 Å². The van der Waals surface area contributed by atoms with E-state index in [0.29, 0.717) is 18.3 Å². The molecule has 1 saturated heterocycles. The Bertz CT molecular complexity index is 1000. The van der Waals surface area contributed by atoms with Gasteiger partial charge in [0.15, 0.2) is 0 Å². The number of benzene rings is 1. The number of aliphatic hydroxyl groups excluding tert-OH is 1. The van der Waals surface area contributed by atoms with Crippen LogP contribution in [0.15, 0.2) is 30.3 Å². The molecule has 0 aromatic heterocycles. The highest BCUT2D eigenvalue weighted by molar-refractivity contribution is 5.87. The third kappa shape index (κ3) is 9.30. The number of carbonyl (C=O) groups is 3. The van der Waals surface area contributed by atoms with Gasteiger partial charge in [-0.1, -0.05) is 70.4 Å². The topological polar surface area (TPSA) is 111 Å². The molecule has 1 saturated carbocycles. The summed E-state index contributed by atoms with van der Waals surface area (Å²) >= 11 is 0. The molecular formula is C32H52N4O4. The molecule has 0 radical (unpaired) electrons. The molecule has 3 rings (SSSR count). The van der Waals surface area contributed by atoms with Crippen molar-refractivity contribution in [2.75, 3.05) is 13.1 Å². The van der Waals surface area contributed by atoms with Crippen LogP contribution in [0.1, 0.15) is 86.1 Å². The van der Waals surface area contributed by atoms with E-state index in [2.05, 4.69) is 20.9 Å². The molecule has 1 aromatic rings. The first-order chi connectivity index (χ1) is 18.6. The van der Waals surface area contributed by atoms with E-state index in [1.54, 1.807) is 0 Å². The maximum Gasteiger partial charge on any atom is 0.243 e. The zero-order valence-electron chi connectivity index (χ0n) is 25.6. The Balaban J connectivity index is 1.84. The molecule has 3 amide bonds. The summed E-state index contributed by atoms with van der Waals surface area (Å²) in [7, 11) is 0. The Morgan fingerprint density at radius 1 is 0.975 bits per heavy atom. The lowest BCUT2D eigenvalue weighted by atomic mass is 9.72. The Kier molecular flexibility index (Phi) is 10.8.